The molecule has 5 heteroatoms. The molecule has 0 saturated heterocycles. The van der Waals surface area contributed by atoms with Crippen LogP contribution in [0.15, 0.2) is 60.0 Å². The second-order valence-electron chi connectivity index (χ2n) is 4.37. The Morgan fingerprint density at radius 2 is 1.70 bits per heavy atom. The number of hydrogen-bond acceptors (Lipinski definition) is 4. The summed E-state index contributed by atoms with van der Waals surface area (Å²) < 4.78 is 1.78. The van der Waals surface area contributed by atoms with Gasteiger partial charge in [0.1, 0.15) is 5.52 Å². The predicted molar refractivity (Wildman–Crippen MR) is 80.0 cm³/mol. The molecule has 20 heavy (non-hydrogen) atoms. The molecular weight excluding hydrogens is 268 g/mol. The van der Waals surface area contributed by atoms with E-state index in [9.17, 15) is 0 Å². The van der Waals surface area contributed by atoms with E-state index in [0.29, 0.717) is 0 Å². The lowest BCUT2D eigenvalue weighted by atomic mass is 10.2. The van der Waals surface area contributed by atoms with Crippen molar-refractivity contribution in [3.05, 3.63) is 60.0 Å². The Labute approximate surface area is 119 Å². The second kappa shape index (κ2) is 4.54. The van der Waals surface area contributed by atoms with Gasteiger partial charge in [0.2, 0.25) is 5.13 Å². The van der Waals surface area contributed by atoms with Gasteiger partial charge in [0.25, 0.3) is 0 Å². The van der Waals surface area contributed by atoms with Gasteiger partial charge in [-0.2, -0.15) is 4.68 Å². The van der Waals surface area contributed by atoms with Gasteiger partial charge in [-0.15, -0.1) is 16.4 Å². The van der Waals surface area contributed by atoms with E-state index in [1.165, 1.54) is 0 Å². The lowest BCUT2D eigenvalue weighted by Crippen LogP contribution is -1.95. The Hall–Kier alpha value is -2.53. The normalized spacial score (nSPS) is 11.0. The summed E-state index contributed by atoms with van der Waals surface area (Å²) in [6.07, 6.45) is 0. The van der Waals surface area contributed by atoms with E-state index >= 15 is 0 Å². The van der Waals surface area contributed by atoms with Crippen LogP contribution >= 0.6 is 11.3 Å². The number of fused-ring (bicyclic) bond motifs is 1. The third kappa shape index (κ3) is 1.80. The minimum atomic E-state index is 0.831. The molecule has 4 rings (SSSR count). The van der Waals surface area contributed by atoms with E-state index < -0.39 is 0 Å². The van der Waals surface area contributed by atoms with Crippen molar-refractivity contribution >= 4 is 22.4 Å². The number of para-hydroxylation sites is 1. The molecular formula is C15H10N4S. The van der Waals surface area contributed by atoms with Crippen LogP contribution in [0.3, 0.4) is 0 Å². The van der Waals surface area contributed by atoms with Gasteiger partial charge in [0.15, 0.2) is 0 Å². The Bertz CT molecular complexity index is 864. The van der Waals surface area contributed by atoms with E-state index in [-0.39, 0.29) is 0 Å². The van der Waals surface area contributed by atoms with Crippen molar-refractivity contribution in [1.82, 2.24) is 20.0 Å². The third-order valence-electron chi connectivity index (χ3n) is 3.09. The smallest absolute Gasteiger partial charge is 0.212 e. The number of benzene rings is 2. The van der Waals surface area contributed by atoms with Crippen molar-refractivity contribution in [2.75, 3.05) is 0 Å². The summed E-state index contributed by atoms with van der Waals surface area (Å²) in [6, 6.07) is 18.0. The van der Waals surface area contributed by atoms with Crippen LogP contribution in [-0.4, -0.2) is 20.0 Å². The molecule has 0 aliphatic heterocycles. The highest BCUT2D eigenvalue weighted by Crippen LogP contribution is 2.25. The van der Waals surface area contributed by atoms with Crippen LogP contribution in [0.2, 0.25) is 0 Å². The van der Waals surface area contributed by atoms with Gasteiger partial charge in [-0.3, -0.25) is 0 Å². The highest BCUT2D eigenvalue weighted by atomic mass is 32.1. The molecule has 2 aromatic carbocycles. The highest BCUT2D eigenvalue weighted by Gasteiger charge is 2.10. The number of thiazole rings is 1. The number of hydrogen-bond donors (Lipinski definition) is 0. The average molecular weight is 278 g/mol. The fraction of sp³-hybridized carbons (Fsp3) is 0. The molecule has 2 aromatic heterocycles. The minimum absolute atomic E-state index is 0.831. The van der Waals surface area contributed by atoms with E-state index in [2.05, 4.69) is 27.4 Å². The van der Waals surface area contributed by atoms with Gasteiger partial charge in [0.05, 0.1) is 11.2 Å². The SMILES string of the molecule is c1ccc(-c2csc(-n3nnc4ccccc43)n2)cc1. The van der Waals surface area contributed by atoms with Gasteiger partial charge >= 0.3 is 0 Å². The first-order valence-electron chi connectivity index (χ1n) is 6.23. The molecule has 0 N–H and O–H groups in total. The number of nitrogens with zero attached hydrogens (tertiary/aromatic N) is 4. The standard InChI is InChI=1S/C15H10N4S/c1-2-6-11(7-3-1)13-10-20-15(16-13)19-14-9-5-4-8-12(14)17-18-19/h1-10H. The molecule has 4 nitrogen and oxygen atoms in total. The van der Waals surface area contributed by atoms with E-state index in [0.717, 1.165) is 27.4 Å². The van der Waals surface area contributed by atoms with E-state index in [1.54, 1.807) is 16.0 Å². The molecule has 0 bridgehead atoms. The van der Waals surface area contributed by atoms with Crippen LogP contribution in [0, 0.1) is 0 Å². The van der Waals surface area contributed by atoms with Crippen LogP contribution in [0.5, 0.6) is 0 Å². The Kier molecular flexibility index (Phi) is 2.57. The zero-order valence-corrected chi connectivity index (χ0v) is 11.3. The fourth-order valence-electron chi connectivity index (χ4n) is 2.11. The summed E-state index contributed by atoms with van der Waals surface area (Å²) >= 11 is 1.57. The molecule has 0 atom stereocenters. The maximum atomic E-state index is 4.65. The molecule has 0 fully saturated rings. The molecule has 2 heterocycles. The van der Waals surface area contributed by atoms with E-state index in [4.69, 9.17) is 0 Å². The van der Waals surface area contributed by atoms with Crippen molar-refractivity contribution in [2.24, 2.45) is 0 Å². The number of aromatic nitrogens is 4. The van der Waals surface area contributed by atoms with Gasteiger partial charge in [-0.05, 0) is 12.1 Å². The first kappa shape index (κ1) is 11.3. The molecule has 0 aliphatic rings. The Balaban J connectivity index is 1.82. The summed E-state index contributed by atoms with van der Waals surface area (Å²) in [5, 5.41) is 11.2. The Morgan fingerprint density at radius 1 is 0.900 bits per heavy atom. The van der Waals surface area contributed by atoms with Gasteiger partial charge < -0.3 is 0 Å². The zero-order chi connectivity index (χ0) is 13.4. The van der Waals surface area contributed by atoms with Crippen molar-refractivity contribution in [3.8, 4) is 16.4 Å². The summed E-state index contributed by atoms with van der Waals surface area (Å²) in [4.78, 5) is 4.65. The van der Waals surface area contributed by atoms with Crippen molar-refractivity contribution < 1.29 is 0 Å². The number of rotatable bonds is 2. The van der Waals surface area contributed by atoms with Crippen LogP contribution in [0.4, 0.5) is 0 Å². The summed E-state index contributed by atoms with van der Waals surface area (Å²) in [5.74, 6) is 0. The first-order chi connectivity index (χ1) is 9.92. The Morgan fingerprint density at radius 3 is 2.60 bits per heavy atom. The van der Waals surface area contributed by atoms with Crippen LogP contribution in [0.1, 0.15) is 0 Å². The molecule has 0 spiro atoms. The fourth-order valence-corrected chi connectivity index (χ4v) is 2.90. The van der Waals surface area contributed by atoms with Crippen LogP contribution in [-0.2, 0) is 0 Å². The van der Waals surface area contributed by atoms with Crippen molar-refractivity contribution in [3.63, 3.8) is 0 Å². The van der Waals surface area contributed by atoms with E-state index in [1.807, 2.05) is 47.8 Å². The lowest BCUT2D eigenvalue weighted by molar-refractivity contribution is 0.818. The molecule has 0 saturated carbocycles. The molecule has 96 valence electrons. The molecule has 0 unspecified atom stereocenters. The second-order valence-corrected chi connectivity index (χ2v) is 5.21. The van der Waals surface area contributed by atoms with Crippen molar-refractivity contribution in [2.45, 2.75) is 0 Å². The maximum Gasteiger partial charge on any atom is 0.212 e. The highest BCUT2D eigenvalue weighted by molar-refractivity contribution is 7.12. The third-order valence-corrected chi connectivity index (χ3v) is 3.91. The summed E-state index contributed by atoms with van der Waals surface area (Å²) in [7, 11) is 0. The predicted octanol–water partition coefficient (Wildman–Crippen LogP) is 3.54. The molecule has 0 radical (unpaired) electrons. The zero-order valence-electron chi connectivity index (χ0n) is 10.5. The topological polar surface area (TPSA) is 43.6 Å². The van der Waals surface area contributed by atoms with Crippen LogP contribution < -0.4 is 0 Å². The summed E-state index contributed by atoms with van der Waals surface area (Å²) in [5.41, 5.74) is 3.93. The van der Waals surface area contributed by atoms with Gasteiger partial charge in [-0.25, -0.2) is 4.98 Å². The monoisotopic (exact) mass is 278 g/mol. The minimum Gasteiger partial charge on any atom is -0.218 e. The van der Waals surface area contributed by atoms with Gasteiger partial charge in [-0.1, -0.05) is 47.7 Å². The lowest BCUT2D eigenvalue weighted by Gasteiger charge is -1.96. The van der Waals surface area contributed by atoms with Gasteiger partial charge in [0, 0.05) is 10.9 Å². The molecule has 0 aliphatic carbocycles. The first-order valence-corrected chi connectivity index (χ1v) is 7.11. The maximum absolute atomic E-state index is 4.65. The quantitative estimate of drug-likeness (QED) is 0.563. The summed E-state index contributed by atoms with van der Waals surface area (Å²) in [6.45, 7) is 0. The average Bonchev–Trinajstić information content (AvgIpc) is 3.14. The molecule has 4 aromatic rings. The van der Waals surface area contributed by atoms with Crippen LogP contribution in [0.25, 0.3) is 27.4 Å². The molecule has 0 amide bonds. The largest absolute Gasteiger partial charge is 0.218 e. The van der Waals surface area contributed by atoms with Crippen molar-refractivity contribution in [1.29, 1.82) is 0 Å².